The van der Waals surface area contributed by atoms with Gasteiger partial charge in [0.25, 0.3) is 0 Å². The van der Waals surface area contributed by atoms with Crippen molar-refractivity contribution in [3.05, 3.63) is 35.1 Å². The van der Waals surface area contributed by atoms with E-state index >= 15 is 0 Å². The van der Waals surface area contributed by atoms with E-state index in [2.05, 4.69) is 0 Å². The van der Waals surface area contributed by atoms with Gasteiger partial charge in [0.1, 0.15) is 0 Å². The minimum atomic E-state index is 0. The Hall–Kier alpha value is -0.648. The Morgan fingerprint density at radius 3 is 2.55 bits per heavy atom. The van der Waals surface area contributed by atoms with Crippen LogP contribution in [0.25, 0.3) is 5.73 Å². The monoisotopic (exact) mass is 320 g/mol. The first kappa shape index (κ1) is 10.4. The third-order valence-corrected chi connectivity index (χ3v) is 1.36. The van der Waals surface area contributed by atoms with Crippen molar-refractivity contribution >= 4 is 11.9 Å². The zero-order chi connectivity index (χ0) is 7.56. The van der Waals surface area contributed by atoms with Gasteiger partial charge in [-0.2, -0.15) is 0 Å². The maximum absolute atomic E-state index is 7.32. The molecule has 0 aliphatic carbocycles. The Bertz CT molecular complexity index is 258. The minimum Gasteiger partial charge on any atom is -0.698 e. The summed E-state index contributed by atoms with van der Waals surface area (Å²) in [6, 6.07) is 5.40. The van der Waals surface area contributed by atoms with Gasteiger partial charge in [-0.25, -0.2) is 0 Å². The molecule has 0 aliphatic heterocycles. The van der Waals surface area contributed by atoms with Crippen molar-refractivity contribution in [2.75, 3.05) is 0 Å². The zero-order valence-electron chi connectivity index (χ0n) is 6.19. The Labute approximate surface area is 80.0 Å². The second-order valence-corrected chi connectivity index (χ2v) is 2.24. The normalized spacial score (nSPS) is 8.45. The molecule has 1 rings (SSSR count). The molecule has 1 aromatic rings. The first-order chi connectivity index (χ1) is 4.74. The average molecular weight is 319 g/mol. The maximum Gasteiger partial charge on any atom is 0.0237 e. The van der Waals surface area contributed by atoms with Gasteiger partial charge in [-0.15, -0.1) is 5.69 Å². The van der Waals surface area contributed by atoms with Crippen LogP contribution in [0, 0.1) is 12.3 Å². The van der Waals surface area contributed by atoms with E-state index in [1.165, 1.54) is 6.21 Å². The summed E-state index contributed by atoms with van der Waals surface area (Å²) in [4.78, 5) is 0. The molecule has 0 bridgehead atoms. The van der Waals surface area contributed by atoms with E-state index in [0.29, 0.717) is 11.3 Å². The summed E-state index contributed by atoms with van der Waals surface area (Å²) in [5.74, 6) is 0. The molecule has 2 nitrogen and oxygen atoms in total. The van der Waals surface area contributed by atoms with Crippen molar-refractivity contribution in [3.63, 3.8) is 0 Å². The Kier molecular flexibility index (Phi) is 4.02. The molecule has 0 amide bonds. The van der Waals surface area contributed by atoms with Crippen LogP contribution in [-0.2, 0) is 20.4 Å². The SMILES string of the molecule is Cc1ccc([NH-])c(C=N)c1.[Re]. The van der Waals surface area contributed by atoms with Gasteiger partial charge in [0.05, 0.1) is 0 Å². The van der Waals surface area contributed by atoms with Crippen LogP contribution in [0.15, 0.2) is 18.2 Å². The summed E-state index contributed by atoms with van der Waals surface area (Å²) < 4.78 is 0. The number of benzene rings is 1. The molecule has 2 N–H and O–H groups in total. The number of hydrogen-bond donors (Lipinski definition) is 1. The molecule has 0 saturated heterocycles. The molecule has 0 saturated carbocycles. The van der Waals surface area contributed by atoms with Gasteiger partial charge in [-0.05, 0) is 12.5 Å². The summed E-state index contributed by atoms with van der Waals surface area (Å²) in [7, 11) is 0. The van der Waals surface area contributed by atoms with E-state index in [1.54, 1.807) is 6.07 Å². The summed E-state index contributed by atoms with van der Waals surface area (Å²) in [5, 5.41) is 6.94. The van der Waals surface area contributed by atoms with Crippen LogP contribution in [0.4, 0.5) is 5.69 Å². The first-order valence-electron chi connectivity index (χ1n) is 3.07. The van der Waals surface area contributed by atoms with Crippen LogP contribution in [0.2, 0.25) is 0 Å². The van der Waals surface area contributed by atoms with Crippen LogP contribution in [0.5, 0.6) is 0 Å². The van der Waals surface area contributed by atoms with E-state index in [4.69, 9.17) is 11.1 Å². The van der Waals surface area contributed by atoms with Gasteiger partial charge in [-0.1, -0.05) is 23.8 Å². The third-order valence-electron chi connectivity index (χ3n) is 1.36. The quantitative estimate of drug-likeness (QED) is 0.774. The first-order valence-corrected chi connectivity index (χ1v) is 3.07. The van der Waals surface area contributed by atoms with E-state index in [9.17, 15) is 0 Å². The molecule has 0 aromatic heterocycles. The fourth-order valence-corrected chi connectivity index (χ4v) is 0.802. The molecular formula is C8H9N2Re-. The van der Waals surface area contributed by atoms with Gasteiger partial charge < -0.3 is 11.1 Å². The molecule has 0 aliphatic rings. The molecule has 0 unspecified atom stereocenters. The molecule has 11 heavy (non-hydrogen) atoms. The number of aryl methyl sites for hydroxylation is 1. The van der Waals surface area contributed by atoms with Crippen LogP contribution in [0.3, 0.4) is 0 Å². The zero-order valence-corrected chi connectivity index (χ0v) is 8.90. The summed E-state index contributed by atoms with van der Waals surface area (Å²) in [5.41, 5.74) is 9.51. The van der Waals surface area contributed by atoms with Gasteiger partial charge in [0, 0.05) is 26.6 Å². The van der Waals surface area contributed by atoms with Crippen LogP contribution in [0.1, 0.15) is 11.1 Å². The van der Waals surface area contributed by atoms with Gasteiger partial charge in [0.15, 0.2) is 0 Å². The number of nitrogens with one attached hydrogen (secondary N) is 2. The second kappa shape index (κ2) is 4.28. The summed E-state index contributed by atoms with van der Waals surface area (Å²) in [6.45, 7) is 1.95. The van der Waals surface area contributed by atoms with Crippen LogP contribution >= 0.6 is 0 Å². The third kappa shape index (κ3) is 2.45. The van der Waals surface area contributed by atoms with Gasteiger partial charge >= 0.3 is 0 Å². The van der Waals surface area contributed by atoms with E-state index in [0.717, 1.165) is 5.56 Å². The van der Waals surface area contributed by atoms with Gasteiger partial charge in [0.2, 0.25) is 0 Å². The summed E-state index contributed by atoms with van der Waals surface area (Å²) >= 11 is 0. The molecular weight excluding hydrogens is 310 g/mol. The average Bonchev–Trinajstić information content (AvgIpc) is 1.94. The van der Waals surface area contributed by atoms with E-state index < -0.39 is 0 Å². The Morgan fingerprint density at radius 1 is 1.45 bits per heavy atom. The van der Waals surface area contributed by atoms with E-state index in [-0.39, 0.29) is 20.4 Å². The number of rotatable bonds is 1. The van der Waals surface area contributed by atoms with Crippen molar-refractivity contribution in [1.82, 2.24) is 0 Å². The van der Waals surface area contributed by atoms with Crippen molar-refractivity contribution in [1.29, 1.82) is 5.41 Å². The second-order valence-electron chi connectivity index (χ2n) is 2.24. The van der Waals surface area contributed by atoms with Crippen LogP contribution in [-0.4, -0.2) is 6.21 Å². The van der Waals surface area contributed by atoms with Crippen molar-refractivity contribution in [2.45, 2.75) is 6.92 Å². The molecule has 0 atom stereocenters. The smallest absolute Gasteiger partial charge is 0.0237 e. The minimum absolute atomic E-state index is 0. The van der Waals surface area contributed by atoms with Crippen molar-refractivity contribution in [3.8, 4) is 0 Å². The van der Waals surface area contributed by atoms with Gasteiger partial charge in [-0.3, -0.25) is 0 Å². The molecule has 0 heterocycles. The maximum atomic E-state index is 7.32. The Balaban J connectivity index is 0.000001000. The molecule has 1 radical (unpaired) electrons. The van der Waals surface area contributed by atoms with Crippen LogP contribution < -0.4 is 0 Å². The molecule has 59 valence electrons. The Morgan fingerprint density at radius 2 is 2.09 bits per heavy atom. The van der Waals surface area contributed by atoms with Crippen molar-refractivity contribution in [2.24, 2.45) is 0 Å². The standard InChI is InChI=1S/C8H9N2.Re/c1-6-2-3-8(10)7(4-6)5-9;/h2-5,9-10H,1H3;/q-1;. The molecule has 0 fully saturated rings. The fraction of sp³-hybridized carbons (Fsp3) is 0.125. The fourth-order valence-electron chi connectivity index (χ4n) is 0.802. The largest absolute Gasteiger partial charge is 0.698 e. The predicted octanol–water partition coefficient (Wildman–Crippen LogP) is 2.67. The predicted molar refractivity (Wildman–Crippen MR) is 43.0 cm³/mol. The van der Waals surface area contributed by atoms with E-state index in [1.807, 2.05) is 19.1 Å². The summed E-state index contributed by atoms with van der Waals surface area (Å²) in [6.07, 6.45) is 1.20. The number of hydrogen-bond acceptors (Lipinski definition) is 1. The van der Waals surface area contributed by atoms with Crippen molar-refractivity contribution < 1.29 is 20.4 Å². The molecule has 3 heteroatoms. The topological polar surface area (TPSA) is 47.7 Å². The molecule has 0 spiro atoms. The molecule has 1 aromatic carbocycles.